The number of allylic oxidation sites excluding steroid dienone is 1. The molecule has 0 fully saturated rings. The van der Waals surface area contributed by atoms with Gasteiger partial charge in [0.05, 0.1) is 5.39 Å². The van der Waals surface area contributed by atoms with Gasteiger partial charge in [-0.15, -0.1) is 6.58 Å². The smallest absolute Gasteiger partial charge is 0.258 e. The Morgan fingerprint density at radius 3 is 2.72 bits per heavy atom. The fourth-order valence-corrected chi connectivity index (χ4v) is 1.85. The third kappa shape index (κ3) is 2.20. The van der Waals surface area contributed by atoms with Crippen molar-refractivity contribution in [3.8, 4) is 5.75 Å². The summed E-state index contributed by atoms with van der Waals surface area (Å²) >= 11 is 0. The average Bonchev–Trinajstić information content (AvgIpc) is 2.40. The molecule has 0 aliphatic carbocycles. The summed E-state index contributed by atoms with van der Waals surface area (Å²) in [6.07, 6.45) is 5.14. The van der Waals surface area contributed by atoms with E-state index in [2.05, 4.69) is 13.2 Å². The normalized spacial score (nSPS) is 10.2. The Bertz CT molecular complexity index is 640. The fourth-order valence-electron chi connectivity index (χ4n) is 1.85. The molecule has 18 heavy (non-hydrogen) atoms. The zero-order valence-corrected chi connectivity index (χ0v) is 10.1. The minimum atomic E-state index is -0.0311. The van der Waals surface area contributed by atoms with Crippen LogP contribution in [0.15, 0.2) is 60.6 Å². The molecule has 1 heterocycles. The summed E-state index contributed by atoms with van der Waals surface area (Å²) in [6, 6.07) is 7.36. The summed E-state index contributed by atoms with van der Waals surface area (Å²) in [4.78, 5) is 12.2. The maximum absolute atomic E-state index is 12.2. The average molecular weight is 241 g/mol. The van der Waals surface area contributed by atoms with Gasteiger partial charge in [0.1, 0.15) is 12.4 Å². The van der Waals surface area contributed by atoms with Crippen LogP contribution in [0.25, 0.3) is 10.8 Å². The highest BCUT2D eigenvalue weighted by Crippen LogP contribution is 2.22. The standard InChI is InChI=1S/C15H15NO2/c1-3-9-16-10-8-12-13(15(16)17)6-5-7-14(12)18-11-4-2/h3-8,10H,1-2,9,11H2. The molecule has 3 nitrogen and oxygen atoms in total. The first-order valence-corrected chi connectivity index (χ1v) is 5.74. The van der Waals surface area contributed by atoms with Gasteiger partial charge in [-0.3, -0.25) is 4.79 Å². The second-order valence-corrected chi connectivity index (χ2v) is 3.88. The van der Waals surface area contributed by atoms with E-state index in [1.54, 1.807) is 29.0 Å². The Labute approximate surface area is 106 Å². The maximum atomic E-state index is 12.2. The molecule has 0 aliphatic rings. The van der Waals surface area contributed by atoms with E-state index in [1.807, 2.05) is 18.2 Å². The number of benzene rings is 1. The number of pyridine rings is 1. The second-order valence-electron chi connectivity index (χ2n) is 3.88. The number of rotatable bonds is 5. The topological polar surface area (TPSA) is 31.2 Å². The summed E-state index contributed by atoms with van der Waals surface area (Å²) in [5, 5.41) is 1.48. The van der Waals surface area contributed by atoms with Crippen LogP contribution >= 0.6 is 0 Å². The summed E-state index contributed by atoms with van der Waals surface area (Å²) in [6.45, 7) is 8.18. The summed E-state index contributed by atoms with van der Waals surface area (Å²) in [5.41, 5.74) is -0.0311. The fraction of sp³-hybridized carbons (Fsp3) is 0.133. The zero-order chi connectivity index (χ0) is 13.0. The molecule has 0 aliphatic heterocycles. The van der Waals surface area contributed by atoms with E-state index >= 15 is 0 Å². The van der Waals surface area contributed by atoms with Crippen LogP contribution in [0.5, 0.6) is 5.75 Å². The molecular weight excluding hydrogens is 226 g/mol. The molecule has 1 aromatic heterocycles. The SMILES string of the molecule is C=CCOc1cccc2c(=O)n(CC=C)ccc12. The Balaban J connectivity index is 2.58. The highest BCUT2D eigenvalue weighted by Gasteiger charge is 2.06. The van der Waals surface area contributed by atoms with E-state index in [0.717, 1.165) is 5.39 Å². The lowest BCUT2D eigenvalue weighted by Crippen LogP contribution is -2.18. The summed E-state index contributed by atoms with van der Waals surface area (Å²) in [5.74, 6) is 0.704. The molecule has 0 unspecified atom stereocenters. The molecule has 3 heteroatoms. The molecule has 1 aromatic carbocycles. The predicted molar refractivity (Wildman–Crippen MR) is 74.1 cm³/mol. The van der Waals surface area contributed by atoms with Gasteiger partial charge in [-0.1, -0.05) is 24.8 Å². The highest BCUT2D eigenvalue weighted by molar-refractivity contribution is 5.87. The monoisotopic (exact) mass is 241 g/mol. The second kappa shape index (κ2) is 5.36. The van der Waals surface area contributed by atoms with Gasteiger partial charge in [-0.05, 0) is 18.2 Å². The first-order chi connectivity index (χ1) is 8.77. The number of aromatic nitrogens is 1. The third-order valence-electron chi connectivity index (χ3n) is 2.66. The van der Waals surface area contributed by atoms with Crippen molar-refractivity contribution in [3.05, 3.63) is 66.1 Å². The van der Waals surface area contributed by atoms with E-state index in [0.29, 0.717) is 24.3 Å². The molecule has 0 N–H and O–H groups in total. The van der Waals surface area contributed by atoms with E-state index in [1.165, 1.54) is 0 Å². The van der Waals surface area contributed by atoms with Gasteiger partial charge in [0, 0.05) is 18.1 Å². The van der Waals surface area contributed by atoms with Crippen LogP contribution in [-0.2, 0) is 6.54 Å². The summed E-state index contributed by atoms with van der Waals surface area (Å²) in [7, 11) is 0. The maximum Gasteiger partial charge on any atom is 0.258 e. The van der Waals surface area contributed by atoms with Crippen molar-refractivity contribution in [1.29, 1.82) is 0 Å². The lowest BCUT2D eigenvalue weighted by molar-refractivity contribution is 0.367. The van der Waals surface area contributed by atoms with E-state index < -0.39 is 0 Å². The lowest BCUT2D eigenvalue weighted by Gasteiger charge is -2.09. The number of hydrogen-bond donors (Lipinski definition) is 0. The number of fused-ring (bicyclic) bond motifs is 1. The molecule has 0 bridgehead atoms. The van der Waals surface area contributed by atoms with Crippen LogP contribution < -0.4 is 10.3 Å². The minimum Gasteiger partial charge on any atom is -0.489 e. The first kappa shape index (κ1) is 12.2. The van der Waals surface area contributed by atoms with E-state index in [4.69, 9.17) is 4.74 Å². The van der Waals surface area contributed by atoms with Gasteiger partial charge >= 0.3 is 0 Å². The molecule has 0 amide bonds. The predicted octanol–water partition coefficient (Wildman–Crippen LogP) is 2.75. The lowest BCUT2D eigenvalue weighted by atomic mass is 10.1. The first-order valence-electron chi connectivity index (χ1n) is 5.74. The molecule has 0 radical (unpaired) electrons. The van der Waals surface area contributed by atoms with E-state index in [-0.39, 0.29) is 5.56 Å². The minimum absolute atomic E-state index is 0.0311. The van der Waals surface area contributed by atoms with Crippen LogP contribution in [0.4, 0.5) is 0 Å². The van der Waals surface area contributed by atoms with Gasteiger partial charge < -0.3 is 9.30 Å². The van der Waals surface area contributed by atoms with Crippen molar-refractivity contribution in [3.63, 3.8) is 0 Å². The quantitative estimate of drug-likeness (QED) is 0.754. The molecule has 0 saturated heterocycles. The van der Waals surface area contributed by atoms with Gasteiger partial charge in [-0.25, -0.2) is 0 Å². The van der Waals surface area contributed by atoms with Crippen molar-refractivity contribution in [2.24, 2.45) is 0 Å². The van der Waals surface area contributed by atoms with Gasteiger partial charge in [0.2, 0.25) is 0 Å². The Morgan fingerprint density at radius 2 is 2.00 bits per heavy atom. The number of ether oxygens (including phenoxy) is 1. The highest BCUT2D eigenvalue weighted by atomic mass is 16.5. The van der Waals surface area contributed by atoms with Crippen LogP contribution in [0.1, 0.15) is 0 Å². The zero-order valence-electron chi connectivity index (χ0n) is 10.1. The molecule has 0 spiro atoms. The molecule has 0 atom stereocenters. The van der Waals surface area contributed by atoms with Gasteiger partial charge in [-0.2, -0.15) is 0 Å². The Morgan fingerprint density at radius 1 is 1.17 bits per heavy atom. The van der Waals surface area contributed by atoms with Crippen LogP contribution in [-0.4, -0.2) is 11.2 Å². The van der Waals surface area contributed by atoms with Gasteiger partial charge in [0.25, 0.3) is 5.56 Å². The Hall–Kier alpha value is -2.29. The van der Waals surface area contributed by atoms with Crippen molar-refractivity contribution in [2.45, 2.75) is 6.54 Å². The van der Waals surface area contributed by atoms with Crippen molar-refractivity contribution < 1.29 is 4.74 Å². The molecule has 2 aromatic rings. The van der Waals surface area contributed by atoms with Crippen molar-refractivity contribution in [2.75, 3.05) is 6.61 Å². The molecule has 92 valence electrons. The van der Waals surface area contributed by atoms with E-state index in [9.17, 15) is 4.79 Å². The van der Waals surface area contributed by atoms with Crippen LogP contribution in [0.2, 0.25) is 0 Å². The largest absolute Gasteiger partial charge is 0.489 e. The number of nitrogens with zero attached hydrogens (tertiary/aromatic N) is 1. The molecular formula is C15H15NO2. The Kier molecular flexibility index (Phi) is 3.63. The molecule has 0 saturated carbocycles. The number of hydrogen-bond acceptors (Lipinski definition) is 2. The van der Waals surface area contributed by atoms with Crippen molar-refractivity contribution in [1.82, 2.24) is 4.57 Å². The third-order valence-corrected chi connectivity index (χ3v) is 2.66. The molecule has 2 rings (SSSR count). The summed E-state index contributed by atoms with van der Waals surface area (Å²) < 4.78 is 7.15. The van der Waals surface area contributed by atoms with Gasteiger partial charge in [0.15, 0.2) is 0 Å². The van der Waals surface area contributed by atoms with Crippen LogP contribution in [0.3, 0.4) is 0 Å². The van der Waals surface area contributed by atoms with Crippen LogP contribution in [0, 0.1) is 0 Å². The van der Waals surface area contributed by atoms with Crippen molar-refractivity contribution >= 4 is 10.8 Å².